The fourth-order valence-corrected chi connectivity index (χ4v) is 2.96. The van der Waals surface area contributed by atoms with Crippen LogP contribution in [0.2, 0.25) is 0 Å². The van der Waals surface area contributed by atoms with E-state index >= 15 is 0 Å². The van der Waals surface area contributed by atoms with Crippen molar-refractivity contribution < 1.29 is 23.1 Å². The number of halogens is 1. The summed E-state index contributed by atoms with van der Waals surface area (Å²) in [4.78, 5) is 29.1. The Kier molecular flexibility index (Phi) is 8.59. The molecule has 0 radical (unpaired) electrons. The van der Waals surface area contributed by atoms with Crippen LogP contribution in [-0.4, -0.2) is 48.4 Å². The lowest BCUT2D eigenvalue weighted by atomic mass is 9.91. The average molecular weight is 419 g/mol. The number of nitrogens with zero attached hydrogens (tertiary/aromatic N) is 2. The Hall–Kier alpha value is -2.67. The Balaban J connectivity index is 2.16. The number of hydrogen-bond donors (Lipinski definition) is 0. The van der Waals surface area contributed by atoms with E-state index in [1.807, 2.05) is 20.8 Å². The molecule has 30 heavy (non-hydrogen) atoms. The Morgan fingerprint density at radius 2 is 1.73 bits per heavy atom. The van der Waals surface area contributed by atoms with Gasteiger partial charge >= 0.3 is 0 Å². The predicted molar refractivity (Wildman–Crippen MR) is 112 cm³/mol. The maximum atomic E-state index is 13.3. The van der Waals surface area contributed by atoms with Gasteiger partial charge in [0.2, 0.25) is 11.8 Å². The highest BCUT2D eigenvalue weighted by atomic mass is 19.1. The molecule has 0 aliphatic carbocycles. The van der Waals surface area contributed by atoms with E-state index in [0.29, 0.717) is 25.3 Å². The highest BCUT2D eigenvalue weighted by Gasteiger charge is 2.25. The molecule has 0 spiro atoms. The largest absolute Gasteiger partial charge is 0.467 e. The second kappa shape index (κ2) is 10.9. The van der Waals surface area contributed by atoms with Gasteiger partial charge in [-0.2, -0.15) is 0 Å². The van der Waals surface area contributed by atoms with Crippen molar-refractivity contribution in [3.8, 4) is 0 Å². The van der Waals surface area contributed by atoms with Gasteiger partial charge in [0.15, 0.2) is 0 Å². The summed E-state index contributed by atoms with van der Waals surface area (Å²) in [5, 5.41) is 0. The average Bonchev–Trinajstić information content (AvgIpc) is 3.17. The van der Waals surface area contributed by atoms with Gasteiger partial charge < -0.3 is 19.0 Å². The molecule has 2 amide bonds. The van der Waals surface area contributed by atoms with Gasteiger partial charge in [0, 0.05) is 26.6 Å². The maximum absolute atomic E-state index is 13.3. The maximum Gasteiger partial charge on any atom is 0.242 e. The van der Waals surface area contributed by atoms with E-state index in [1.54, 1.807) is 42.5 Å². The Morgan fingerprint density at radius 3 is 2.30 bits per heavy atom. The van der Waals surface area contributed by atoms with Gasteiger partial charge in [0.05, 0.1) is 26.0 Å². The Labute approximate surface area is 177 Å². The summed E-state index contributed by atoms with van der Waals surface area (Å²) in [6.07, 6.45) is 1.88. The quantitative estimate of drug-likeness (QED) is 0.588. The smallest absolute Gasteiger partial charge is 0.242 e. The van der Waals surface area contributed by atoms with Gasteiger partial charge in [0.1, 0.15) is 11.6 Å². The molecule has 0 N–H and O–H groups in total. The van der Waals surface area contributed by atoms with Crippen LogP contribution in [0.4, 0.5) is 4.39 Å². The van der Waals surface area contributed by atoms with Crippen LogP contribution in [0.25, 0.3) is 0 Å². The fourth-order valence-electron chi connectivity index (χ4n) is 2.96. The first-order chi connectivity index (χ1) is 14.2. The number of furan rings is 1. The number of carbonyl (C=O) groups is 2. The summed E-state index contributed by atoms with van der Waals surface area (Å²) in [6, 6.07) is 9.56. The lowest BCUT2D eigenvalue weighted by Crippen LogP contribution is -2.44. The van der Waals surface area contributed by atoms with Crippen molar-refractivity contribution in [2.24, 2.45) is 5.41 Å². The predicted octanol–water partition coefficient (Wildman–Crippen LogP) is 3.86. The topological polar surface area (TPSA) is 63.0 Å². The molecule has 1 aromatic heterocycles. The number of rotatable bonds is 10. The number of carbonyl (C=O) groups excluding carboxylic acids is 2. The zero-order valence-corrected chi connectivity index (χ0v) is 18.2. The van der Waals surface area contributed by atoms with Crippen molar-refractivity contribution in [3.05, 3.63) is 59.8 Å². The van der Waals surface area contributed by atoms with Gasteiger partial charge in [-0.3, -0.25) is 9.59 Å². The van der Waals surface area contributed by atoms with Crippen molar-refractivity contribution in [1.29, 1.82) is 0 Å². The van der Waals surface area contributed by atoms with Crippen molar-refractivity contribution in [3.63, 3.8) is 0 Å². The van der Waals surface area contributed by atoms with Crippen LogP contribution in [0, 0.1) is 11.2 Å². The number of ether oxygens (including phenoxy) is 1. The van der Waals surface area contributed by atoms with E-state index in [4.69, 9.17) is 9.15 Å². The van der Waals surface area contributed by atoms with Gasteiger partial charge in [-0.05, 0) is 35.2 Å². The zero-order valence-electron chi connectivity index (χ0n) is 18.2. The molecule has 164 valence electrons. The van der Waals surface area contributed by atoms with Crippen LogP contribution in [-0.2, 0) is 27.4 Å². The van der Waals surface area contributed by atoms with Crippen LogP contribution in [0.3, 0.4) is 0 Å². The second-order valence-electron chi connectivity index (χ2n) is 8.50. The fraction of sp³-hybridized carbons (Fsp3) is 0.478. The summed E-state index contributed by atoms with van der Waals surface area (Å²) in [6.45, 7) is 7.12. The molecule has 0 atom stereocenters. The first-order valence-corrected chi connectivity index (χ1v) is 9.99. The SMILES string of the molecule is COCCN(CC(=O)N(Cc1ccc(F)cc1)Cc1ccco1)C(=O)CC(C)(C)C. The second-order valence-corrected chi connectivity index (χ2v) is 8.50. The molecule has 0 bridgehead atoms. The third-order valence-electron chi connectivity index (χ3n) is 4.49. The van der Waals surface area contributed by atoms with E-state index in [-0.39, 0.29) is 42.7 Å². The molecule has 0 aliphatic heterocycles. The monoisotopic (exact) mass is 418 g/mol. The van der Waals surface area contributed by atoms with Crippen LogP contribution >= 0.6 is 0 Å². The van der Waals surface area contributed by atoms with Gasteiger partial charge in [0.25, 0.3) is 0 Å². The first kappa shape index (κ1) is 23.6. The minimum atomic E-state index is -0.332. The molecule has 1 aromatic carbocycles. The molecule has 0 unspecified atom stereocenters. The summed E-state index contributed by atoms with van der Waals surface area (Å²) in [5.41, 5.74) is 0.605. The minimum Gasteiger partial charge on any atom is -0.467 e. The normalized spacial score (nSPS) is 11.4. The molecule has 0 saturated heterocycles. The van der Waals surface area contributed by atoms with Crippen molar-refractivity contribution in [2.75, 3.05) is 26.8 Å². The number of hydrogen-bond acceptors (Lipinski definition) is 4. The molecule has 6 nitrogen and oxygen atoms in total. The summed E-state index contributed by atoms with van der Waals surface area (Å²) in [5.74, 6) is -0.00202. The van der Waals surface area contributed by atoms with Crippen LogP contribution in [0.1, 0.15) is 38.5 Å². The third kappa shape index (κ3) is 7.99. The van der Waals surface area contributed by atoms with Crippen molar-refractivity contribution >= 4 is 11.8 Å². The number of methoxy groups -OCH3 is 1. The highest BCUT2D eigenvalue weighted by molar-refractivity contribution is 5.85. The lowest BCUT2D eigenvalue weighted by molar-refractivity contribution is -0.142. The molecular formula is C23H31FN2O4. The molecular weight excluding hydrogens is 387 g/mol. The van der Waals surface area contributed by atoms with E-state index in [1.165, 1.54) is 17.0 Å². The Morgan fingerprint density at radius 1 is 1.03 bits per heavy atom. The summed E-state index contributed by atoms with van der Waals surface area (Å²) < 4.78 is 23.8. The van der Waals surface area contributed by atoms with Gasteiger partial charge in [-0.25, -0.2) is 4.39 Å². The standard InChI is InChI=1S/C23H31FN2O4/c1-23(2,3)14-21(27)25(11-13-29-4)17-22(28)26(16-20-6-5-12-30-20)15-18-7-9-19(24)10-8-18/h5-10,12H,11,13-17H2,1-4H3. The molecule has 0 fully saturated rings. The Bertz CT molecular complexity index is 798. The highest BCUT2D eigenvalue weighted by Crippen LogP contribution is 2.20. The van der Waals surface area contributed by atoms with Gasteiger partial charge in [-0.15, -0.1) is 0 Å². The first-order valence-electron chi connectivity index (χ1n) is 9.99. The van der Waals surface area contributed by atoms with E-state index in [2.05, 4.69) is 0 Å². The van der Waals surface area contributed by atoms with E-state index in [0.717, 1.165) is 5.56 Å². The number of benzene rings is 1. The summed E-state index contributed by atoms with van der Waals surface area (Å²) in [7, 11) is 1.56. The van der Waals surface area contributed by atoms with Gasteiger partial charge in [-0.1, -0.05) is 32.9 Å². The zero-order chi connectivity index (χ0) is 22.1. The molecule has 0 aliphatic rings. The van der Waals surface area contributed by atoms with E-state index in [9.17, 15) is 14.0 Å². The molecule has 1 heterocycles. The molecule has 2 aromatic rings. The minimum absolute atomic E-state index is 0.0554. The van der Waals surface area contributed by atoms with Crippen molar-refractivity contribution in [1.82, 2.24) is 9.80 Å². The third-order valence-corrected chi connectivity index (χ3v) is 4.49. The number of amides is 2. The molecule has 2 rings (SSSR count). The van der Waals surface area contributed by atoms with Crippen LogP contribution in [0.5, 0.6) is 0 Å². The van der Waals surface area contributed by atoms with Crippen LogP contribution < -0.4 is 0 Å². The molecule has 7 heteroatoms. The summed E-state index contributed by atoms with van der Waals surface area (Å²) >= 11 is 0. The van der Waals surface area contributed by atoms with E-state index < -0.39 is 0 Å². The lowest BCUT2D eigenvalue weighted by Gasteiger charge is -2.29. The van der Waals surface area contributed by atoms with Crippen LogP contribution in [0.15, 0.2) is 47.1 Å². The molecule has 0 saturated carbocycles. The van der Waals surface area contributed by atoms with Crippen molar-refractivity contribution in [2.45, 2.75) is 40.3 Å².